The van der Waals surface area contributed by atoms with Gasteiger partial charge in [0.2, 0.25) is 0 Å². The zero-order valence-electron chi connectivity index (χ0n) is 14.0. The first-order chi connectivity index (χ1) is 11.7. The molecule has 2 aromatic carbocycles. The maximum Gasteiger partial charge on any atom is 0.131 e. The topological polar surface area (TPSA) is 29.4 Å². The second kappa shape index (κ2) is 7.52. The van der Waals surface area contributed by atoms with Crippen LogP contribution in [0.3, 0.4) is 0 Å². The minimum atomic E-state index is -0.334. The van der Waals surface area contributed by atoms with Gasteiger partial charge in [0.05, 0.1) is 0 Å². The zero-order chi connectivity index (χ0) is 16.9. The van der Waals surface area contributed by atoms with E-state index in [0.29, 0.717) is 5.56 Å². The number of hydrogen-bond donors (Lipinski definition) is 0. The van der Waals surface area contributed by atoms with Crippen LogP contribution in [0.4, 0.5) is 4.39 Å². The molecule has 3 heteroatoms. The average Bonchev–Trinajstić information content (AvgIpc) is 3.03. The Morgan fingerprint density at radius 2 is 1.92 bits per heavy atom. The molecule has 2 aromatic rings. The highest BCUT2D eigenvalue weighted by Crippen LogP contribution is 2.39. The molecule has 0 aromatic heterocycles. The summed E-state index contributed by atoms with van der Waals surface area (Å²) in [6, 6.07) is 14.5. The van der Waals surface area contributed by atoms with Crippen LogP contribution in [0.1, 0.15) is 44.6 Å². The molecule has 1 atom stereocenters. The van der Waals surface area contributed by atoms with Crippen molar-refractivity contribution in [1.29, 1.82) is 0 Å². The van der Waals surface area contributed by atoms with Gasteiger partial charge in [-0.1, -0.05) is 66.6 Å². The Morgan fingerprint density at radius 3 is 2.58 bits per heavy atom. The van der Waals surface area contributed by atoms with E-state index in [9.17, 15) is 9.30 Å². The lowest BCUT2D eigenvalue weighted by atomic mass is 9.94. The molecule has 0 spiro atoms. The Hall–Kier alpha value is -2.29. The molecule has 0 saturated carbocycles. The molecule has 0 heterocycles. The number of nitroso groups, excluding NO2 is 1. The van der Waals surface area contributed by atoms with E-state index in [4.69, 9.17) is 0 Å². The van der Waals surface area contributed by atoms with Gasteiger partial charge in [-0.25, -0.2) is 4.39 Å². The Balaban J connectivity index is 1.99. The van der Waals surface area contributed by atoms with Gasteiger partial charge in [-0.05, 0) is 48.4 Å². The van der Waals surface area contributed by atoms with Gasteiger partial charge >= 0.3 is 0 Å². The van der Waals surface area contributed by atoms with Crippen LogP contribution in [0, 0.1) is 10.7 Å². The summed E-state index contributed by atoms with van der Waals surface area (Å²) in [7, 11) is 0. The van der Waals surface area contributed by atoms with E-state index in [2.05, 4.69) is 12.1 Å². The van der Waals surface area contributed by atoms with Crippen molar-refractivity contribution in [2.45, 2.75) is 45.1 Å². The standard InChI is InChI=1S/C21H22FNO/c1-2-3-7-16-11-13-20(23-24)21(16)17-10-12-18(19(22)14-17)15-8-5-4-6-9-15/h4-6,8-10,12,14,20H,2-3,7,11,13H2,1H3. The fraction of sp³-hybridized carbons (Fsp3) is 0.333. The first kappa shape index (κ1) is 16.6. The largest absolute Gasteiger partial charge is 0.206 e. The van der Waals surface area contributed by atoms with Crippen LogP contribution in [-0.4, -0.2) is 6.04 Å². The summed E-state index contributed by atoms with van der Waals surface area (Å²) in [5.74, 6) is -0.252. The third kappa shape index (κ3) is 3.30. The van der Waals surface area contributed by atoms with Gasteiger partial charge in [0.1, 0.15) is 11.9 Å². The van der Waals surface area contributed by atoms with Crippen LogP contribution >= 0.6 is 0 Å². The molecule has 0 N–H and O–H groups in total. The number of halogens is 1. The van der Waals surface area contributed by atoms with Gasteiger partial charge in [0.25, 0.3) is 0 Å². The molecular weight excluding hydrogens is 301 g/mol. The minimum Gasteiger partial charge on any atom is -0.206 e. The predicted octanol–water partition coefficient (Wildman–Crippen LogP) is 6.37. The molecule has 1 unspecified atom stereocenters. The molecule has 0 fully saturated rings. The van der Waals surface area contributed by atoms with Crippen molar-refractivity contribution in [1.82, 2.24) is 0 Å². The van der Waals surface area contributed by atoms with Gasteiger partial charge in [0, 0.05) is 5.56 Å². The summed E-state index contributed by atoms with van der Waals surface area (Å²) < 4.78 is 14.7. The SMILES string of the molecule is CCCCC1=C(c2ccc(-c3ccccc3)c(F)c2)C(N=O)CC1. The van der Waals surface area contributed by atoms with E-state index in [0.717, 1.165) is 48.8 Å². The van der Waals surface area contributed by atoms with E-state index >= 15 is 0 Å². The molecule has 0 bridgehead atoms. The van der Waals surface area contributed by atoms with E-state index in [1.807, 2.05) is 42.5 Å². The third-order valence-corrected chi connectivity index (χ3v) is 4.76. The highest BCUT2D eigenvalue weighted by molar-refractivity contribution is 5.77. The molecule has 1 aliphatic rings. The highest BCUT2D eigenvalue weighted by atomic mass is 19.1. The van der Waals surface area contributed by atoms with E-state index < -0.39 is 0 Å². The number of hydrogen-bond acceptors (Lipinski definition) is 2. The number of rotatable bonds is 6. The minimum absolute atomic E-state index is 0.252. The summed E-state index contributed by atoms with van der Waals surface area (Å²) >= 11 is 0. The molecule has 124 valence electrons. The Bertz CT molecular complexity index is 752. The summed E-state index contributed by atoms with van der Waals surface area (Å²) in [5.41, 5.74) is 4.48. The maximum absolute atomic E-state index is 14.7. The molecule has 0 radical (unpaired) electrons. The average molecular weight is 323 g/mol. The van der Waals surface area contributed by atoms with Gasteiger partial charge in [-0.15, -0.1) is 0 Å². The summed E-state index contributed by atoms with van der Waals surface area (Å²) in [5, 5.41) is 3.28. The van der Waals surface area contributed by atoms with Gasteiger partial charge in [0.15, 0.2) is 0 Å². The van der Waals surface area contributed by atoms with Crippen LogP contribution in [0.5, 0.6) is 0 Å². The molecule has 1 aliphatic carbocycles. The summed E-state index contributed by atoms with van der Waals surface area (Å²) in [4.78, 5) is 11.2. The van der Waals surface area contributed by atoms with Crippen molar-refractivity contribution >= 4 is 5.57 Å². The van der Waals surface area contributed by atoms with Crippen molar-refractivity contribution in [2.75, 3.05) is 0 Å². The Kier molecular flexibility index (Phi) is 5.19. The summed E-state index contributed by atoms with van der Waals surface area (Å²) in [6.45, 7) is 2.15. The molecule has 3 rings (SSSR count). The molecule has 0 amide bonds. The van der Waals surface area contributed by atoms with Crippen molar-refractivity contribution in [3.8, 4) is 11.1 Å². The Morgan fingerprint density at radius 1 is 1.12 bits per heavy atom. The van der Waals surface area contributed by atoms with Crippen molar-refractivity contribution in [2.24, 2.45) is 5.18 Å². The third-order valence-electron chi connectivity index (χ3n) is 4.76. The number of nitrogens with zero attached hydrogens (tertiary/aromatic N) is 1. The monoisotopic (exact) mass is 323 g/mol. The molecule has 0 saturated heterocycles. The van der Waals surface area contributed by atoms with Crippen molar-refractivity contribution < 1.29 is 4.39 Å². The van der Waals surface area contributed by atoms with E-state index in [-0.39, 0.29) is 11.9 Å². The number of unbranched alkanes of at least 4 members (excludes halogenated alkanes) is 1. The second-order valence-corrected chi connectivity index (χ2v) is 6.34. The first-order valence-corrected chi connectivity index (χ1v) is 8.64. The van der Waals surface area contributed by atoms with Crippen molar-refractivity contribution in [3.05, 3.63) is 70.4 Å². The van der Waals surface area contributed by atoms with Gasteiger partial charge < -0.3 is 0 Å². The lowest BCUT2D eigenvalue weighted by Crippen LogP contribution is -2.02. The normalized spacial score (nSPS) is 17.3. The van der Waals surface area contributed by atoms with Crippen LogP contribution in [0.15, 0.2) is 59.3 Å². The maximum atomic E-state index is 14.7. The fourth-order valence-electron chi connectivity index (χ4n) is 3.51. The summed E-state index contributed by atoms with van der Waals surface area (Å²) in [6.07, 6.45) is 4.82. The van der Waals surface area contributed by atoms with Gasteiger partial charge in [-0.3, -0.25) is 0 Å². The van der Waals surface area contributed by atoms with Crippen molar-refractivity contribution in [3.63, 3.8) is 0 Å². The molecule has 0 aliphatic heterocycles. The smallest absolute Gasteiger partial charge is 0.131 e. The zero-order valence-corrected chi connectivity index (χ0v) is 14.0. The highest BCUT2D eigenvalue weighted by Gasteiger charge is 2.27. The first-order valence-electron chi connectivity index (χ1n) is 8.64. The number of benzene rings is 2. The molecular formula is C21H22FNO. The lowest BCUT2D eigenvalue weighted by molar-refractivity contribution is 0.630. The van der Waals surface area contributed by atoms with Crippen LogP contribution < -0.4 is 0 Å². The van der Waals surface area contributed by atoms with Gasteiger partial charge in [-0.2, -0.15) is 4.91 Å². The van der Waals surface area contributed by atoms with E-state index in [1.54, 1.807) is 6.07 Å². The Labute approximate surface area is 142 Å². The lowest BCUT2D eigenvalue weighted by Gasteiger charge is -2.12. The van der Waals surface area contributed by atoms with E-state index in [1.165, 1.54) is 5.57 Å². The van der Waals surface area contributed by atoms with Crippen LogP contribution in [0.2, 0.25) is 0 Å². The second-order valence-electron chi connectivity index (χ2n) is 6.34. The fourth-order valence-corrected chi connectivity index (χ4v) is 3.51. The number of allylic oxidation sites excluding steroid dienone is 1. The van der Waals surface area contributed by atoms with Crippen LogP contribution in [0.25, 0.3) is 16.7 Å². The van der Waals surface area contributed by atoms with Crippen LogP contribution in [-0.2, 0) is 0 Å². The quantitative estimate of drug-likeness (QED) is 0.568. The molecule has 24 heavy (non-hydrogen) atoms. The predicted molar refractivity (Wildman–Crippen MR) is 97.1 cm³/mol. The molecule has 2 nitrogen and oxygen atoms in total.